The smallest absolute Gasteiger partial charge is 0.142 e. The Morgan fingerprint density at radius 3 is 1.41 bits per heavy atom. The first-order valence-electron chi connectivity index (χ1n) is 13.1. The highest BCUT2D eigenvalue weighted by molar-refractivity contribution is 5.88. The third kappa shape index (κ3) is 8.41. The van der Waals surface area contributed by atoms with Crippen molar-refractivity contribution in [1.29, 1.82) is 0 Å². The Labute approximate surface area is 196 Å². The second kappa shape index (κ2) is 12.5. The van der Waals surface area contributed by atoms with E-state index >= 15 is 0 Å². The van der Waals surface area contributed by atoms with Crippen LogP contribution in [0, 0.1) is 34.5 Å². The Morgan fingerprint density at radius 2 is 1.06 bits per heavy atom. The van der Waals surface area contributed by atoms with Crippen LogP contribution in [0.1, 0.15) is 105 Å². The van der Waals surface area contributed by atoms with Gasteiger partial charge in [0.2, 0.25) is 0 Å². The van der Waals surface area contributed by atoms with E-state index in [1.54, 1.807) is 0 Å². The average molecular weight is 449 g/mol. The molecule has 0 heterocycles. The largest absolute Gasteiger partial charge is 0.396 e. The highest BCUT2D eigenvalue weighted by Gasteiger charge is 2.35. The number of ketones is 2. The molecule has 2 fully saturated rings. The summed E-state index contributed by atoms with van der Waals surface area (Å²) in [7, 11) is 0. The molecule has 0 aromatic carbocycles. The molecule has 2 saturated carbocycles. The zero-order valence-corrected chi connectivity index (χ0v) is 21.1. The van der Waals surface area contributed by atoms with Gasteiger partial charge in [-0.2, -0.15) is 0 Å². The summed E-state index contributed by atoms with van der Waals surface area (Å²) in [6, 6.07) is 0. The van der Waals surface area contributed by atoms with E-state index in [0.29, 0.717) is 11.6 Å². The van der Waals surface area contributed by atoms with E-state index in [0.717, 1.165) is 77.0 Å². The second-order valence-corrected chi connectivity index (χ2v) is 12.1. The van der Waals surface area contributed by atoms with Crippen molar-refractivity contribution >= 4 is 11.6 Å². The molecule has 0 radical (unpaired) electrons. The number of hydrogen-bond donors (Lipinski definition) is 2. The number of carbonyl (C=O) groups excluding carboxylic acids is 2. The number of rotatable bonds is 14. The lowest BCUT2D eigenvalue weighted by Gasteiger charge is -2.21. The maximum absolute atomic E-state index is 12.8. The molecule has 0 saturated heterocycles. The number of aliphatic hydroxyl groups excluding tert-OH is 2. The van der Waals surface area contributed by atoms with Gasteiger partial charge >= 0.3 is 0 Å². The van der Waals surface area contributed by atoms with Crippen molar-refractivity contribution in [1.82, 2.24) is 0 Å². The summed E-state index contributed by atoms with van der Waals surface area (Å²) in [6.45, 7) is 8.77. The first-order chi connectivity index (χ1) is 15.1. The summed E-state index contributed by atoms with van der Waals surface area (Å²) in [5.74, 6) is 1.10. The van der Waals surface area contributed by atoms with Crippen LogP contribution in [0.15, 0.2) is 12.2 Å². The van der Waals surface area contributed by atoms with Crippen molar-refractivity contribution in [3.63, 3.8) is 0 Å². The number of carbonyl (C=O) groups is 2. The molecule has 4 atom stereocenters. The molecule has 4 unspecified atom stereocenters. The topological polar surface area (TPSA) is 74.6 Å². The van der Waals surface area contributed by atoms with E-state index in [1.807, 2.05) is 12.2 Å². The van der Waals surface area contributed by atoms with Gasteiger partial charge in [0.15, 0.2) is 0 Å². The molecule has 0 aromatic heterocycles. The Hall–Kier alpha value is -1.00. The van der Waals surface area contributed by atoms with Crippen LogP contribution in [0.2, 0.25) is 0 Å². The van der Waals surface area contributed by atoms with Gasteiger partial charge in [-0.15, -0.1) is 0 Å². The highest BCUT2D eigenvalue weighted by Crippen LogP contribution is 2.36. The molecule has 0 spiro atoms. The third-order valence-electron chi connectivity index (χ3n) is 7.93. The van der Waals surface area contributed by atoms with Crippen molar-refractivity contribution in [2.24, 2.45) is 34.5 Å². The van der Waals surface area contributed by atoms with E-state index in [2.05, 4.69) is 27.7 Å². The molecule has 0 aliphatic heterocycles. The Balaban J connectivity index is 1.70. The maximum atomic E-state index is 12.8. The predicted octanol–water partition coefficient (Wildman–Crippen LogP) is 5.89. The van der Waals surface area contributed by atoms with Crippen LogP contribution in [-0.4, -0.2) is 35.0 Å². The fourth-order valence-corrected chi connectivity index (χ4v) is 5.31. The third-order valence-corrected chi connectivity index (χ3v) is 7.93. The van der Waals surface area contributed by atoms with Crippen molar-refractivity contribution in [2.75, 3.05) is 13.2 Å². The van der Waals surface area contributed by atoms with Crippen molar-refractivity contribution in [2.45, 2.75) is 105 Å². The first-order valence-corrected chi connectivity index (χ1v) is 13.1. The van der Waals surface area contributed by atoms with Gasteiger partial charge in [0, 0.05) is 36.9 Å². The first kappa shape index (κ1) is 27.2. The molecule has 4 heteroatoms. The number of allylic oxidation sites excluding steroid dienone is 2. The zero-order valence-electron chi connectivity index (χ0n) is 21.1. The Kier molecular flexibility index (Phi) is 10.6. The van der Waals surface area contributed by atoms with Gasteiger partial charge in [-0.3, -0.25) is 9.59 Å². The van der Waals surface area contributed by atoms with Crippen LogP contribution >= 0.6 is 0 Å². The van der Waals surface area contributed by atoms with E-state index in [9.17, 15) is 19.8 Å². The predicted molar refractivity (Wildman–Crippen MR) is 130 cm³/mol. The minimum atomic E-state index is -0.0212. The number of hydrogen-bond acceptors (Lipinski definition) is 4. The normalized spacial score (nSPS) is 27.2. The summed E-state index contributed by atoms with van der Waals surface area (Å²) in [5.41, 5.74) is -0.0424. The fraction of sp³-hybridized carbons (Fsp3) is 0.857. The van der Waals surface area contributed by atoms with Gasteiger partial charge < -0.3 is 10.2 Å². The molecule has 4 nitrogen and oxygen atoms in total. The fourth-order valence-electron chi connectivity index (χ4n) is 5.31. The van der Waals surface area contributed by atoms with E-state index < -0.39 is 0 Å². The standard InChI is InChI=1S/C28H48O4/c1-27(2,19-29)17-7-5-9-21-11-13-23(25(21)31)15-16-24-14-12-22(26(24)32)10-6-8-18-28(3,4)20-30/h15-16,21-24,29-30H,5-14,17-20H2,1-4H3/b16-15+. The van der Waals surface area contributed by atoms with Crippen LogP contribution in [0.4, 0.5) is 0 Å². The molecular formula is C28H48O4. The van der Waals surface area contributed by atoms with Gasteiger partial charge in [0.05, 0.1) is 0 Å². The van der Waals surface area contributed by atoms with Crippen LogP contribution in [-0.2, 0) is 9.59 Å². The van der Waals surface area contributed by atoms with E-state index in [1.165, 1.54) is 0 Å². The van der Waals surface area contributed by atoms with Gasteiger partial charge in [0.25, 0.3) is 0 Å². The lowest BCUT2D eigenvalue weighted by atomic mass is 9.86. The van der Waals surface area contributed by atoms with E-state index in [-0.39, 0.29) is 47.7 Å². The van der Waals surface area contributed by atoms with Crippen molar-refractivity contribution in [3.8, 4) is 0 Å². The van der Waals surface area contributed by atoms with Gasteiger partial charge in [-0.05, 0) is 62.2 Å². The summed E-state index contributed by atoms with van der Waals surface area (Å²) in [4.78, 5) is 25.6. The molecule has 2 aliphatic rings. The van der Waals surface area contributed by atoms with Gasteiger partial charge in [-0.25, -0.2) is 0 Å². The summed E-state index contributed by atoms with van der Waals surface area (Å²) < 4.78 is 0. The van der Waals surface area contributed by atoms with E-state index in [4.69, 9.17) is 0 Å². The van der Waals surface area contributed by atoms with Crippen LogP contribution in [0.5, 0.6) is 0 Å². The van der Waals surface area contributed by atoms with Gasteiger partial charge in [-0.1, -0.05) is 65.5 Å². The molecule has 2 aliphatic carbocycles. The number of aliphatic hydroxyl groups is 2. The molecule has 2 N–H and O–H groups in total. The number of Topliss-reactive ketones (excluding diaryl/α,β-unsaturated/α-hetero) is 2. The minimum absolute atomic E-state index is 0.00134. The summed E-state index contributed by atoms with van der Waals surface area (Å²) in [5, 5.41) is 18.7. The lowest BCUT2D eigenvalue weighted by molar-refractivity contribution is -0.124. The molecule has 0 aromatic rings. The molecule has 2 rings (SSSR count). The minimum Gasteiger partial charge on any atom is -0.396 e. The highest BCUT2D eigenvalue weighted by atomic mass is 16.3. The molecule has 184 valence electrons. The molecule has 32 heavy (non-hydrogen) atoms. The van der Waals surface area contributed by atoms with Gasteiger partial charge in [0.1, 0.15) is 11.6 Å². The van der Waals surface area contributed by atoms with Crippen LogP contribution < -0.4 is 0 Å². The lowest BCUT2D eigenvalue weighted by Crippen LogP contribution is -2.17. The maximum Gasteiger partial charge on any atom is 0.142 e. The molecule has 0 bridgehead atoms. The zero-order chi connectivity index (χ0) is 23.8. The van der Waals surface area contributed by atoms with Crippen molar-refractivity contribution < 1.29 is 19.8 Å². The second-order valence-electron chi connectivity index (χ2n) is 12.1. The quantitative estimate of drug-likeness (QED) is 0.257. The monoisotopic (exact) mass is 448 g/mol. The Bertz CT molecular complexity index is 579. The summed E-state index contributed by atoms with van der Waals surface area (Å²) >= 11 is 0. The SMILES string of the molecule is CC(C)(CO)CCCCC1CCC(/C=C/C2CCC(CCCCC(C)(C)CO)C2=O)C1=O. The van der Waals surface area contributed by atoms with Crippen LogP contribution in [0.3, 0.4) is 0 Å². The van der Waals surface area contributed by atoms with Crippen molar-refractivity contribution in [3.05, 3.63) is 12.2 Å². The molecular weight excluding hydrogens is 400 g/mol. The average Bonchev–Trinajstić information content (AvgIpc) is 3.29. The molecule has 0 amide bonds. The number of unbranched alkanes of at least 4 members (excludes halogenated alkanes) is 2. The van der Waals surface area contributed by atoms with Crippen LogP contribution in [0.25, 0.3) is 0 Å². The Morgan fingerprint density at radius 1 is 0.688 bits per heavy atom. The summed E-state index contributed by atoms with van der Waals surface area (Å²) in [6.07, 6.45) is 16.0.